The van der Waals surface area contributed by atoms with Crippen molar-refractivity contribution in [2.45, 2.75) is 31.5 Å². The lowest BCUT2D eigenvalue weighted by molar-refractivity contribution is -0.137. The molecule has 1 aliphatic carbocycles. The van der Waals surface area contributed by atoms with Crippen LogP contribution in [0.15, 0.2) is 18.3 Å². The Hall–Kier alpha value is -1.63. The Kier molecular flexibility index (Phi) is 3.73. The first-order chi connectivity index (χ1) is 9.26. The lowest BCUT2D eigenvalue weighted by Crippen LogP contribution is -2.53. The SMILES string of the molecule is CC(CN)(NC(=O)c1ccc(C(F)(F)F)cn1)C1CC1. The quantitative estimate of drug-likeness (QED) is 0.889. The highest BCUT2D eigenvalue weighted by Crippen LogP contribution is 2.39. The zero-order chi connectivity index (χ0) is 15.0. The minimum absolute atomic E-state index is 0.0432. The highest BCUT2D eigenvalue weighted by atomic mass is 19.4. The van der Waals surface area contributed by atoms with Crippen LogP contribution in [0.2, 0.25) is 0 Å². The van der Waals surface area contributed by atoms with Gasteiger partial charge in [-0.3, -0.25) is 9.78 Å². The van der Waals surface area contributed by atoms with E-state index in [2.05, 4.69) is 10.3 Å². The van der Waals surface area contributed by atoms with Crippen LogP contribution in [-0.4, -0.2) is 23.0 Å². The summed E-state index contributed by atoms with van der Waals surface area (Å²) in [6.45, 7) is 2.12. The average Bonchev–Trinajstić information content (AvgIpc) is 3.22. The van der Waals surface area contributed by atoms with Gasteiger partial charge in [0.2, 0.25) is 0 Å². The Morgan fingerprint density at radius 3 is 2.50 bits per heavy atom. The van der Waals surface area contributed by atoms with Gasteiger partial charge in [0.05, 0.1) is 11.1 Å². The van der Waals surface area contributed by atoms with Gasteiger partial charge >= 0.3 is 6.18 Å². The topological polar surface area (TPSA) is 68.0 Å². The molecule has 0 saturated heterocycles. The van der Waals surface area contributed by atoms with Gasteiger partial charge in [0, 0.05) is 12.7 Å². The number of alkyl halides is 3. The predicted molar refractivity (Wildman–Crippen MR) is 66.9 cm³/mol. The minimum atomic E-state index is -4.46. The third-order valence-corrected chi connectivity index (χ3v) is 3.62. The van der Waals surface area contributed by atoms with Crippen molar-refractivity contribution in [2.75, 3.05) is 6.54 Å². The van der Waals surface area contributed by atoms with Crippen LogP contribution < -0.4 is 11.1 Å². The van der Waals surface area contributed by atoms with Crippen molar-refractivity contribution >= 4 is 5.91 Å². The highest BCUT2D eigenvalue weighted by Gasteiger charge is 2.41. The molecule has 1 fully saturated rings. The molecule has 3 N–H and O–H groups in total. The number of rotatable bonds is 4. The molecule has 110 valence electrons. The number of nitrogens with zero attached hydrogens (tertiary/aromatic N) is 1. The summed E-state index contributed by atoms with van der Waals surface area (Å²) >= 11 is 0. The first-order valence-electron chi connectivity index (χ1n) is 6.32. The maximum atomic E-state index is 12.4. The van der Waals surface area contributed by atoms with Crippen LogP contribution in [-0.2, 0) is 6.18 Å². The van der Waals surface area contributed by atoms with Crippen molar-refractivity contribution in [1.29, 1.82) is 0 Å². The summed E-state index contributed by atoms with van der Waals surface area (Å²) < 4.78 is 37.2. The third-order valence-electron chi connectivity index (χ3n) is 3.62. The molecule has 20 heavy (non-hydrogen) atoms. The molecule has 1 amide bonds. The van der Waals surface area contributed by atoms with E-state index in [9.17, 15) is 18.0 Å². The molecular weight excluding hydrogens is 271 g/mol. The van der Waals surface area contributed by atoms with Crippen LogP contribution in [0.25, 0.3) is 0 Å². The number of hydrogen-bond acceptors (Lipinski definition) is 3. The number of hydrogen-bond donors (Lipinski definition) is 2. The maximum absolute atomic E-state index is 12.4. The van der Waals surface area contributed by atoms with E-state index in [0.717, 1.165) is 25.0 Å². The normalized spacial score (nSPS) is 18.4. The second-order valence-electron chi connectivity index (χ2n) is 5.28. The smallest absolute Gasteiger partial charge is 0.344 e. The molecule has 1 aliphatic rings. The molecule has 4 nitrogen and oxygen atoms in total. The van der Waals surface area contributed by atoms with Crippen molar-refractivity contribution in [3.05, 3.63) is 29.6 Å². The van der Waals surface area contributed by atoms with Crippen LogP contribution in [0.4, 0.5) is 13.2 Å². The Balaban J connectivity index is 2.09. The second kappa shape index (κ2) is 5.05. The summed E-state index contributed by atoms with van der Waals surface area (Å²) in [5.41, 5.74) is 4.23. The fraction of sp³-hybridized carbons (Fsp3) is 0.538. The van der Waals surface area contributed by atoms with Crippen LogP contribution >= 0.6 is 0 Å². The number of carbonyl (C=O) groups excluding carboxylic acids is 1. The molecule has 0 spiro atoms. The van der Waals surface area contributed by atoms with E-state index in [4.69, 9.17) is 5.73 Å². The van der Waals surface area contributed by atoms with Gasteiger partial charge in [0.1, 0.15) is 5.69 Å². The molecule has 1 unspecified atom stereocenters. The Bertz CT molecular complexity index is 497. The van der Waals surface area contributed by atoms with Crippen molar-refractivity contribution in [3.8, 4) is 0 Å². The van der Waals surface area contributed by atoms with Crippen LogP contribution in [0, 0.1) is 5.92 Å². The van der Waals surface area contributed by atoms with Crippen LogP contribution in [0.1, 0.15) is 35.8 Å². The van der Waals surface area contributed by atoms with E-state index < -0.39 is 23.2 Å². The van der Waals surface area contributed by atoms with Gasteiger partial charge in [-0.2, -0.15) is 13.2 Å². The molecule has 1 saturated carbocycles. The largest absolute Gasteiger partial charge is 0.417 e. The van der Waals surface area contributed by atoms with E-state index in [-0.39, 0.29) is 12.2 Å². The lowest BCUT2D eigenvalue weighted by atomic mass is 9.96. The van der Waals surface area contributed by atoms with Gasteiger partial charge in [0.15, 0.2) is 0 Å². The number of aromatic nitrogens is 1. The maximum Gasteiger partial charge on any atom is 0.417 e. The summed E-state index contributed by atoms with van der Waals surface area (Å²) in [7, 11) is 0. The van der Waals surface area contributed by atoms with Crippen molar-refractivity contribution in [3.63, 3.8) is 0 Å². The summed E-state index contributed by atoms with van der Waals surface area (Å²) in [5.74, 6) is -0.176. The van der Waals surface area contributed by atoms with E-state index >= 15 is 0 Å². The number of pyridine rings is 1. The monoisotopic (exact) mass is 287 g/mol. The fourth-order valence-electron chi connectivity index (χ4n) is 2.06. The molecule has 7 heteroatoms. The minimum Gasteiger partial charge on any atom is -0.344 e. The van der Waals surface area contributed by atoms with Crippen LogP contribution in [0.5, 0.6) is 0 Å². The van der Waals surface area contributed by atoms with E-state index in [1.807, 2.05) is 6.92 Å². The van der Waals surface area contributed by atoms with Crippen molar-refractivity contribution in [2.24, 2.45) is 11.7 Å². The fourth-order valence-corrected chi connectivity index (χ4v) is 2.06. The standard InChI is InChI=1S/C13H16F3N3O/c1-12(7-17,8-2-3-8)19-11(20)10-5-4-9(6-18-10)13(14,15)16/h4-6,8H,2-3,7,17H2,1H3,(H,19,20). The van der Waals surface area contributed by atoms with Gasteiger partial charge < -0.3 is 11.1 Å². The molecule has 0 aromatic carbocycles. The van der Waals surface area contributed by atoms with Gasteiger partial charge in [-0.15, -0.1) is 0 Å². The molecule has 0 bridgehead atoms. The Morgan fingerprint density at radius 2 is 2.10 bits per heavy atom. The molecule has 0 aliphatic heterocycles. The number of halogens is 3. The first-order valence-corrected chi connectivity index (χ1v) is 6.32. The van der Waals surface area contributed by atoms with Gasteiger partial charge in [0.25, 0.3) is 5.91 Å². The molecule has 1 heterocycles. The lowest BCUT2D eigenvalue weighted by Gasteiger charge is -2.29. The number of amides is 1. The zero-order valence-corrected chi connectivity index (χ0v) is 11.0. The zero-order valence-electron chi connectivity index (χ0n) is 11.0. The molecule has 1 aromatic heterocycles. The molecular formula is C13H16F3N3O. The van der Waals surface area contributed by atoms with E-state index in [1.54, 1.807) is 0 Å². The molecule has 1 atom stereocenters. The summed E-state index contributed by atoms with van der Waals surface area (Å²) in [6, 6.07) is 1.92. The van der Waals surface area contributed by atoms with Gasteiger partial charge in [-0.05, 0) is 37.8 Å². The number of nitrogens with one attached hydrogen (secondary N) is 1. The van der Waals surface area contributed by atoms with Crippen molar-refractivity contribution < 1.29 is 18.0 Å². The Labute approximate surface area is 114 Å². The Morgan fingerprint density at radius 1 is 1.45 bits per heavy atom. The predicted octanol–water partition coefficient (Wildman–Crippen LogP) is 1.96. The van der Waals surface area contributed by atoms with E-state index in [0.29, 0.717) is 12.1 Å². The molecule has 1 aromatic rings. The summed E-state index contributed by atoms with van der Waals surface area (Å²) in [4.78, 5) is 15.6. The van der Waals surface area contributed by atoms with E-state index in [1.165, 1.54) is 0 Å². The molecule has 2 rings (SSSR count). The van der Waals surface area contributed by atoms with Crippen molar-refractivity contribution in [1.82, 2.24) is 10.3 Å². The highest BCUT2D eigenvalue weighted by molar-refractivity contribution is 5.92. The third kappa shape index (κ3) is 3.09. The summed E-state index contributed by atoms with van der Waals surface area (Å²) in [6.07, 6.45) is -1.81. The van der Waals surface area contributed by atoms with Gasteiger partial charge in [-0.25, -0.2) is 0 Å². The first kappa shape index (κ1) is 14.8. The number of carbonyl (C=O) groups is 1. The molecule has 0 radical (unpaired) electrons. The van der Waals surface area contributed by atoms with Gasteiger partial charge in [-0.1, -0.05) is 0 Å². The number of nitrogens with two attached hydrogens (primary N) is 1. The average molecular weight is 287 g/mol. The summed E-state index contributed by atoms with van der Waals surface area (Å²) in [5, 5.41) is 2.77. The second-order valence-corrected chi connectivity index (χ2v) is 5.28. The van der Waals surface area contributed by atoms with Crippen LogP contribution in [0.3, 0.4) is 0 Å².